The quantitative estimate of drug-likeness (QED) is 0.150. The van der Waals surface area contributed by atoms with Gasteiger partial charge in [0, 0.05) is 38.4 Å². The Morgan fingerprint density at radius 3 is 1.81 bits per heavy atom. The molecule has 0 N–H and O–H groups in total. The molecule has 2 aliphatic heterocycles. The molecule has 0 fully saturated rings. The molecule has 15 rings (SSSR count). The van der Waals surface area contributed by atoms with E-state index in [2.05, 4.69) is 185 Å². The van der Waals surface area contributed by atoms with Gasteiger partial charge >= 0.3 is 0 Å². The smallest absolute Gasteiger partial charge is 0.252 e. The average molecular weight is 717 g/mol. The minimum atomic E-state index is 0.0718. The molecule has 0 radical (unpaired) electrons. The number of rotatable bonds is 1. The highest BCUT2D eigenvalue weighted by Gasteiger charge is 2.42. The van der Waals surface area contributed by atoms with E-state index in [0.29, 0.717) is 0 Å². The Morgan fingerprint density at radius 2 is 0.947 bits per heavy atom. The van der Waals surface area contributed by atoms with Crippen molar-refractivity contribution in [3.05, 3.63) is 176 Å². The topological polar surface area (TPSA) is 9.86 Å². The fourth-order valence-corrected chi connectivity index (χ4v) is 11.6. The van der Waals surface area contributed by atoms with Crippen LogP contribution in [0.5, 0.6) is 0 Å². The van der Waals surface area contributed by atoms with Gasteiger partial charge in [-0.05, 0) is 112 Å². The van der Waals surface area contributed by atoms with Crippen LogP contribution in [-0.4, -0.2) is 15.8 Å². The maximum Gasteiger partial charge on any atom is 0.252 e. The minimum Gasteiger partial charge on any atom is -0.310 e. The molecule has 0 saturated carbocycles. The molecule has 57 heavy (non-hydrogen) atoms. The lowest BCUT2D eigenvalue weighted by Crippen LogP contribution is -2.59. The lowest BCUT2D eigenvalue weighted by atomic mass is 9.34. The normalized spacial score (nSPS) is 13.2. The lowest BCUT2D eigenvalue weighted by Gasteiger charge is -2.34. The molecule has 258 valence electrons. The van der Waals surface area contributed by atoms with Crippen molar-refractivity contribution in [1.82, 2.24) is 9.13 Å². The summed E-state index contributed by atoms with van der Waals surface area (Å²) in [5.74, 6) is 0. The molecule has 1 aliphatic carbocycles. The predicted molar refractivity (Wildman–Crippen MR) is 242 cm³/mol. The lowest BCUT2D eigenvalue weighted by molar-refractivity contribution is 1.14. The molecule has 4 heterocycles. The second-order valence-corrected chi connectivity index (χ2v) is 16.4. The highest BCUT2D eigenvalue weighted by Crippen LogP contribution is 2.51. The molecular weight excluding hydrogens is 687 g/mol. The number of fused-ring (bicyclic) bond motifs is 14. The highest BCUT2D eigenvalue weighted by molar-refractivity contribution is 7.00. The summed E-state index contributed by atoms with van der Waals surface area (Å²) in [6.45, 7) is 0.0718. The largest absolute Gasteiger partial charge is 0.310 e. The maximum absolute atomic E-state index is 2.65. The van der Waals surface area contributed by atoms with Gasteiger partial charge in [0.05, 0.1) is 16.6 Å². The van der Waals surface area contributed by atoms with Gasteiger partial charge in [-0.1, -0.05) is 146 Å². The average Bonchev–Trinajstić information content (AvgIpc) is 3.77. The number of nitrogens with zero attached hydrogens (tertiary/aromatic N) is 2. The third-order valence-electron chi connectivity index (χ3n) is 13.8. The zero-order chi connectivity index (χ0) is 36.7. The molecule has 3 heteroatoms. The Morgan fingerprint density at radius 1 is 0.333 bits per heavy atom. The number of aromatic nitrogens is 2. The molecule has 10 aromatic carbocycles. The Kier molecular flexibility index (Phi) is 5.03. The molecule has 0 atom stereocenters. The molecule has 0 spiro atoms. The summed E-state index contributed by atoms with van der Waals surface area (Å²) in [4.78, 5) is 0. The van der Waals surface area contributed by atoms with Gasteiger partial charge < -0.3 is 9.13 Å². The zero-order valence-electron chi connectivity index (χ0n) is 30.7. The van der Waals surface area contributed by atoms with Crippen LogP contribution in [0.4, 0.5) is 0 Å². The number of hydrogen-bond acceptors (Lipinski definition) is 0. The zero-order valence-corrected chi connectivity index (χ0v) is 30.7. The van der Waals surface area contributed by atoms with Gasteiger partial charge in [0.15, 0.2) is 0 Å². The summed E-state index contributed by atoms with van der Waals surface area (Å²) in [6, 6.07) is 66.9. The Hall–Kier alpha value is -7.36. The summed E-state index contributed by atoms with van der Waals surface area (Å²) in [5.41, 5.74) is 19.6. The van der Waals surface area contributed by atoms with Crippen LogP contribution in [0, 0.1) is 0 Å². The Labute approximate surface area is 327 Å². The Balaban J connectivity index is 1.18. The van der Waals surface area contributed by atoms with E-state index in [1.165, 1.54) is 137 Å². The van der Waals surface area contributed by atoms with E-state index in [4.69, 9.17) is 0 Å². The van der Waals surface area contributed by atoms with Crippen LogP contribution in [0.2, 0.25) is 0 Å². The first-order valence-corrected chi connectivity index (χ1v) is 20.1. The number of para-hydroxylation sites is 1. The van der Waals surface area contributed by atoms with Crippen molar-refractivity contribution in [1.29, 1.82) is 0 Å². The minimum absolute atomic E-state index is 0.0718. The molecular formula is C54H29BN2. The van der Waals surface area contributed by atoms with E-state index in [1.807, 2.05) is 0 Å². The second-order valence-electron chi connectivity index (χ2n) is 16.4. The van der Waals surface area contributed by atoms with Crippen molar-refractivity contribution < 1.29 is 0 Å². The van der Waals surface area contributed by atoms with E-state index in [0.717, 1.165) is 0 Å². The van der Waals surface area contributed by atoms with Crippen molar-refractivity contribution in [2.45, 2.75) is 0 Å². The highest BCUT2D eigenvalue weighted by atomic mass is 15.0. The van der Waals surface area contributed by atoms with E-state index in [-0.39, 0.29) is 6.71 Å². The first-order valence-electron chi connectivity index (χ1n) is 20.1. The van der Waals surface area contributed by atoms with Crippen molar-refractivity contribution in [2.75, 3.05) is 0 Å². The van der Waals surface area contributed by atoms with Crippen LogP contribution < -0.4 is 16.4 Å². The van der Waals surface area contributed by atoms with E-state index in [9.17, 15) is 0 Å². The van der Waals surface area contributed by atoms with Crippen molar-refractivity contribution in [3.63, 3.8) is 0 Å². The van der Waals surface area contributed by atoms with Gasteiger partial charge in [0.2, 0.25) is 0 Å². The fourth-order valence-electron chi connectivity index (χ4n) is 11.6. The second kappa shape index (κ2) is 9.89. The monoisotopic (exact) mass is 716 g/mol. The summed E-state index contributed by atoms with van der Waals surface area (Å²) < 4.78 is 5.27. The van der Waals surface area contributed by atoms with E-state index in [1.54, 1.807) is 0 Å². The van der Waals surface area contributed by atoms with Gasteiger partial charge in [-0.2, -0.15) is 0 Å². The van der Waals surface area contributed by atoms with Crippen LogP contribution in [0.1, 0.15) is 0 Å². The molecule has 2 nitrogen and oxygen atoms in total. The van der Waals surface area contributed by atoms with Crippen molar-refractivity contribution >= 4 is 99.0 Å². The molecule has 0 amide bonds. The van der Waals surface area contributed by atoms with E-state index < -0.39 is 0 Å². The first-order chi connectivity index (χ1) is 28.3. The van der Waals surface area contributed by atoms with Gasteiger partial charge in [0.25, 0.3) is 6.71 Å². The van der Waals surface area contributed by atoms with Crippen LogP contribution >= 0.6 is 0 Å². The predicted octanol–water partition coefficient (Wildman–Crippen LogP) is 11.8. The molecule has 0 bridgehead atoms. The summed E-state index contributed by atoms with van der Waals surface area (Å²) in [6.07, 6.45) is 0. The van der Waals surface area contributed by atoms with Crippen LogP contribution in [0.3, 0.4) is 0 Å². The van der Waals surface area contributed by atoms with Gasteiger partial charge in [0.1, 0.15) is 0 Å². The number of benzene rings is 10. The molecule has 2 aromatic heterocycles. The van der Waals surface area contributed by atoms with Crippen molar-refractivity contribution in [3.8, 4) is 44.8 Å². The van der Waals surface area contributed by atoms with Crippen LogP contribution in [-0.2, 0) is 0 Å². The summed E-state index contributed by atoms with van der Waals surface area (Å²) in [7, 11) is 0. The molecule has 0 saturated heterocycles. The summed E-state index contributed by atoms with van der Waals surface area (Å²) in [5, 5.41) is 13.1. The SMILES string of the molecule is c1ccc2c(c1)-c1cccc3ccc4c(c13)c1c-2ccc2c1n4-c1cc(-c3ccc4ccccc4c3)cc3c1B2c1cccc2c4c5ccccc5ccc4n-3c12. The third-order valence-corrected chi connectivity index (χ3v) is 13.8. The molecule has 0 unspecified atom stereocenters. The van der Waals surface area contributed by atoms with Gasteiger partial charge in [-0.15, -0.1) is 0 Å². The Bertz CT molecular complexity index is 3880. The van der Waals surface area contributed by atoms with Crippen LogP contribution in [0.25, 0.3) is 121 Å². The molecule has 3 aliphatic rings. The van der Waals surface area contributed by atoms with Gasteiger partial charge in [-0.3, -0.25) is 0 Å². The fraction of sp³-hybridized carbons (Fsp3) is 0. The third kappa shape index (κ3) is 3.35. The van der Waals surface area contributed by atoms with E-state index >= 15 is 0 Å². The molecule has 12 aromatic rings. The van der Waals surface area contributed by atoms with Gasteiger partial charge in [-0.25, -0.2) is 0 Å². The number of hydrogen-bond donors (Lipinski definition) is 0. The maximum atomic E-state index is 2.65. The summed E-state index contributed by atoms with van der Waals surface area (Å²) >= 11 is 0. The van der Waals surface area contributed by atoms with Crippen LogP contribution in [0.15, 0.2) is 176 Å². The standard InChI is InChI=1S/C54H29BN2/c1-2-11-33-27-34(20-19-30(33)9-1)35-28-46-52-47(29-35)57-45-26-22-32-12-7-16-39-37-14-5-6-15-38(37)40-23-24-43(54(57)50(40)51(45)48(32)39)55(52)42-18-8-17-41-49-36-13-4-3-10-31(36)21-25-44(49)56(46)53(41)42/h1-29H. The first kappa shape index (κ1) is 29.0. The van der Waals surface area contributed by atoms with Crippen molar-refractivity contribution in [2.24, 2.45) is 0 Å².